The number of allylic oxidation sites excluding steroid dienone is 1. The monoisotopic (exact) mass is 403 g/mol. The molecule has 0 unspecified atom stereocenters. The van der Waals surface area contributed by atoms with Gasteiger partial charge in [0, 0.05) is 36.4 Å². The van der Waals surface area contributed by atoms with Crippen LogP contribution in [0.3, 0.4) is 0 Å². The Bertz CT molecular complexity index is 947. The third-order valence-electron chi connectivity index (χ3n) is 3.48. The first-order valence-electron chi connectivity index (χ1n) is 7.29. The van der Waals surface area contributed by atoms with Gasteiger partial charge in [0.15, 0.2) is 5.78 Å². The molecule has 122 valence electrons. The summed E-state index contributed by atoms with van der Waals surface area (Å²) < 4.78 is 2.51. The summed E-state index contributed by atoms with van der Waals surface area (Å²) in [6.07, 6.45) is 3.26. The average molecular weight is 405 g/mol. The molecule has 0 bridgehead atoms. The molecule has 3 rings (SSSR count). The molecule has 0 saturated heterocycles. The van der Waals surface area contributed by atoms with E-state index in [4.69, 9.17) is 11.6 Å². The lowest BCUT2D eigenvalue weighted by Gasteiger charge is -2.04. The van der Waals surface area contributed by atoms with Crippen molar-refractivity contribution in [1.82, 2.24) is 14.5 Å². The van der Waals surface area contributed by atoms with Crippen LogP contribution in [0.1, 0.15) is 10.4 Å². The quantitative estimate of drug-likeness (QED) is 0.360. The van der Waals surface area contributed by atoms with Crippen molar-refractivity contribution < 1.29 is 4.79 Å². The van der Waals surface area contributed by atoms with Gasteiger partial charge in [-0.3, -0.25) is 4.79 Å². The molecule has 0 saturated carbocycles. The third-order valence-corrected chi connectivity index (χ3v) is 4.26. The SMILES string of the molecule is CN(C)/C=C/C(=O)c1c(-c2cccc(Br)c2)nn2c(Cl)cccc12. The van der Waals surface area contributed by atoms with E-state index in [2.05, 4.69) is 21.0 Å². The highest BCUT2D eigenvalue weighted by Gasteiger charge is 2.20. The number of hydrogen-bond donors (Lipinski definition) is 0. The van der Waals surface area contributed by atoms with Crippen molar-refractivity contribution in [2.75, 3.05) is 14.1 Å². The minimum absolute atomic E-state index is 0.115. The van der Waals surface area contributed by atoms with E-state index in [0.717, 1.165) is 10.0 Å². The number of rotatable bonds is 4. The zero-order valence-electron chi connectivity index (χ0n) is 13.2. The standard InChI is InChI=1S/C18H15BrClN3O/c1-22(2)10-9-15(24)17-14-7-4-8-16(20)23(14)21-18(17)12-5-3-6-13(19)11-12/h3-11H,1-2H3/b10-9+. The van der Waals surface area contributed by atoms with E-state index in [0.29, 0.717) is 21.9 Å². The Labute approximate surface area is 153 Å². The number of nitrogens with zero attached hydrogens (tertiary/aromatic N) is 3. The van der Waals surface area contributed by atoms with Crippen molar-refractivity contribution in [1.29, 1.82) is 0 Å². The van der Waals surface area contributed by atoms with Crippen LogP contribution in [0.25, 0.3) is 16.8 Å². The van der Waals surface area contributed by atoms with E-state index in [1.165, 1.54) is 0 Å². The fourth-order valence-electron chi connectivity index (χ4n) is 2.42. The molecule has 4 nitrogen and oxygen atoms in total. The van der Waals surface area contributed by atoms with Crippen molar-refractivity contribution in [2.45, 2.75) is 0 Å². The second-order valence-electron chi connectivity index (χ2n) is 5.52. The molecule has 0 aliphatic heterocycles. The molecule has 1 aromatic carbocycles. The maximum absolute atomic E-state index is 12.8. The smallest absolute Gasteiger partial charge is 0.191 e. The number of carbonyl (C=O) groups is 1. The van der Waals surface area contributed by atoms with Crippen molar-refractivity contribution >= 4 is 38.8 Å². The Kier molecular flexibility index (Phi) is 4.73. The molecule has 0 N–H and O–H groups in total. The molecule has 0 amide bonds. The Balaban J connectivity index is 2.26. The van der Waals surface area contributed by atoms with Crippen LogP contribution < -0.4 is 0 Å². The lowest BCUT2D eigenvalue weighted by Crippen LogP contribution is -2.03. The molecule has 0 aliphatic carbocycles. The van der Waals surface area contributed by atoms with E-state index in [1.54, 1.807) is 22.9 Å². The molecule has 2 heterocycles. The highest BCUT2D eigenvalue weighted by Crippen LogP contribution is 2.30. The summed E-state index contributed by atoms with van der Waals surface area (Å²) in [7, 11) is 3.73. The Morgan fingerprint density at radius 3 is 2.71 bits per heavy atom. The molecule has 0 radical (unpaired) electrons. The van der Waals surface area contributed by atoms with Gasteiger partial charge in [-0.1, -0.05) is 45.7 Å². The number of hydrogen-bond acceptors (Lipinski definition) is 3. The van der Waals surface area contributed by atoms with Gasteiger partial charge in [-0.25, -0.2) is 4.52 Å². The first-order valence-corrected chi connectivity index (χ1v) is 8.46. The summed E-state index contributed by atoms with van der Waals surface area (Å²) in [4.78, 5) is 14.6. The first-order chi connectivity index (χ1) is 11.5. The van der Waals surface area contributed by atoms with Gasteiger partial charge >= 0.3 is 0 Å². The van der Waals surface area contributed by atoms with Crippen molar-refractivity contribution in [3.05, 3.63) is 69.9 Å². The molecule has 0 aliphatic rings. The molecule has 3 aromatic rings. The van der Waals surface area contributed by atoms with Crippen LogP contribution in [0.15, 0.2) is 59.2 Å². The predicted molar refractivity (Wildman–Crippen MR) is 100 cm³/mol. The molecule has 24 heavy (non-hydrogen) atoms. The second-order valence-corrected chi connectivity index (χ2v) is 6.83. The van der Waals surface area contributed by atoms with Crippen LogP contribution in [0.4, 0.5) is 0 Å². The minimum atomic E-state index is -0.115. The van der Waals surface area contributed by atoms with Gasteiger partial charge in [0.1, 0.15) is 10.8 Å². The van der Waals surface area contributed by atoms with Crippen LogP contribution in [-0.2, 0) is 0 Å². The number of pyridine rings is 1. The number of fused-ring (bicyclic) bond motifs is 1. The third kappa shape index (κ3) is 3.23. The average Bonchev–Trinajstić information content (AvgIpc) is 2.93. The lowest BCUT2D eigenvalue weighted by atomic mass is 10.0. The molecule has 0 atom stereocenters. The summed E-state index contributed by atoms with van der Waals surface area (Å²) >= 11 is 9.71. The number of halogens is 2. The van der Waals surface area contributed by atoms with Gasteiger partial charge < -0.3 is 4.90 Å². The van der Waals surface area contributed by atoms with E-state index in [1.807, 2.05) is 55.4 Å². The number of ketones is 1. The molecule has 0 fully saturated rings. The Morgan fingerprint density at radius 1 is 1.25 bits per heavy atom. The normalized spacial score (nSPS) is 11.3. The van der Waals surface area contributed by atoms with Crippen molar-refractivity contribution in [2.24, 2.45) is 0 Å². The minimum Gasteiger partial charge on any atom is -0.383 e. The largest absolute Gasteiger partial charge is 0.383 e. The summed E-state index contributed by atoms with van der Waals surface area (Å²) in [6, 6.07) is 13.1. The number of benzene rings is 1. The second kappa shape index (κ2) is 6.79. The van der Waals surface area contributed by atoms with E-state index < -0.39 is 0 Å². The maximum atomic E-state index is 12.8. The van der Waals surface area contributed by atoms with Crippen LogP contribution in [0.2, 0.25) is 5.15 Å². The number of aromatic nitrogens is 2. The molecule has 2 aromatic heterocycles. The van der Waals surface area contributed by atoms with Crippen LogP contribution >= 0.6 is 27.5 Å². The molecule has 0 spiro atoms. The van der Waals surface area contributed by atoms with Gasteiger partial charge in [-0.05, 0) is 24.3 Å². The molecular formula is C18H15BrClN3O. The topological polar surface area (TPSA) is 37.6 Å². The fraction of sp³-hybridized carbons (Fsp3) is 0.111. The summed E-state index contributed by atoms with van der Waals surface area (Å²) in [5.41, 5.74) is 2.68. The first kappa shape index (κ1) is 16.7. The van der Waals surface area contributed by atoms with Crippen molar-refractivity contribution in [3.63, 3.8) is 0 Å². The molecular weight excluding hydrogens is 390 g/mol. The van der Waals surface area contributed by atoms with Crippen molar-refractivity contribution in [3.8, 4) is 11.3 Å². The zero-order valence-corrected chi connectivity index (χ0v) is 15.5. The van der Waals surface area contributed by atoms with E-state index in [9.17, 15) is 4.79 Å². The highest BCUT2D eigenvalue weighted by atomic mass is 79.9. The summed E-state index contributed by atoms with van der Waals surface area (Å²) in [5.74, 6) is -0.115. The Morgan fingerprint density at radius 2 is 2.00 bits per heavy atom. The van der Waals surface area contributed by atoms with Gasteiger partial charge in [0.2, 0.25) is 0 Å². The number of carbonyl (C=O) groups excluding carboxylic acids is 1. The van der Waals surface area contributed by atoms with Crippen LogP contribution in [0.5, 0.6) is 0 Å². The maximum Gasteiger partial charge on any atom is 0.191 e. The summed E-state index contributed by atoms with van der Waals surface area (Å²) in [5, 5.41) is 5.03. The molecule has 6 heteroatoms. The van der Waals surface area contributed by atoms with Crippen LogP contribution in [-0.4, -0.2) is 34.4 Å². The van der Waals surface area contributed by atoms with Gasteiger partial charge in [-0.2, -0.15) is 5.10 Å². The predicted octanol–water partition coefficient (Wildman–Crippen LogP) is 4.68. The van der Waals surface area contributed by atoms with E-state index >= 15 is 0 Å². The van der Waals surface area contributed by atoms with E-state index in [-0.39, 0.29) is 5.78 Å². The zero-order chi connectivity index (χ0) is 17.3. The van der Waals surface area contributed by atoms with Gasteiger partial charge in [0.05, 0.1) is 11.1 Å². The van der Waals surface area contributed by atoms with Crippen LogP contribution in [0, 0.1) is 0 Å². The highest BCUT2D eigenvalue weighted by molar-refractivity contribution is 9.10. The van der Waals surface area contributed by atoms with Gasteiger partial charge in [-0.15, -0.1) is 0 Å². The fourth-order valence-corrected chi connectivity index (χ4v) is 3.02. The lowest BCUT2D eigenvalue weighted by molar-refractivity contribution is 0.104. The Hall–Kier alpha value is -2.11. The van der Waals surface area contributed by atoms with Gasteiger partial charge in [0.25, 0.3) is 0 Å². The summed E-state index contributed by atoms with van der Waals surface area (Å²) in [6.45, 7) is 0.